The fraction of sp³-hybridized carbons (Fsp3) is 0.348. The summed E-state index contributed by atoms with van der Waals surface area (Å²) in [5.41, 5.74) is -1.68. The van der Waals surface area contributed by atoms with Crippen LogP contribution in [0.2, 0.25) is 0 Å². The Hall–Kier alpha value is -2.80. The molecule has 0 fully saturated rings. The number of aromatic amines is 1. The largest absolute Gasteiger partial charge is 0.419 e. The lowest BCUT2D eigenvalue weighted by molar-refractivity contribution is -0.269. The second-order valence-electron chi connectivity index (χ2n) is 8.56. The summed E-state index contributed by atoms with van der Waals surface area (Å²) in [7, 11) is 0. The number of pyridine rings is 1. The maximum absolute atomic E-state index is 14.2. The number of hydrogen-bond acceptors (Lipinski definition) is 3. The molecular weight excluding hydrogens is 393 g/mol. The van der Waals surface area contributed by atoms with Gasteiger partial charge in [0.15, 0.2) is 5.60 Å². The molecule has 2 atom stereocenters. The van der Waals surface area contributed by atoms with E-state index >= 15 is 0 Å². The van der Waals surface area contributed by atoms with Crippen LogP contribution in [0.4, 0.5) is 18.9 Å². The molecule has 2 aromatic carbocycles. The smallest absolute Gasteiger partial charge is 0.379 e. The van der Waals surface area contributed by atoms with Crippen molar-refractivity contribution in [2.24, 2.45) is 0 Å². The normalized spacial score (nSPS) is 23.6. The number of nitrogens with one attached hydrogen (secondary N) is 2. The molecule has 0 saturated heterocycles. The zero-order valence-corrected chi connectivity index (χ0v) is 16.7. The molecule has 0 amide bonds. The minimum Gasteiger partial charge on any atom is -0.379 e. The fourth-order valence-corrected chi connectivity index (χ4v) is 4.38. The molecule has 3 N–H and O–H groups in total. The van der Waals surface area contributed by atoms with Gasteiger partial charge in [-0.2, -0.15) is 13.2 Å². The standard InChI is InChI=1S/C23H23F3N2O2/c1-21(2)12-13-22(30,23(24,25)26)20(14-6-3-4-7-16(14)21)28-18-9-5-8-17-15(18)10-11-19(29)27-17/h3-11,20,28,30H,12-13H2,1-2H3,(H,27,29). The molecule has 0 aliphatic heterocycles. The van der Waals surface area contributed by atoms with Crippen LogP contribution in [0.5, 0.6) is 0 Å². The Bertz CT molecular complexity index is 1150. The summed E-state index contributed by atoms with van der Waals surface area (Å²) >= 11 is 0. The van der Waals surface area contributed by atoms with Crippen LogP contribution in [-0.4, -0.2) is 21.9 Å². The van der Waals surface area contributed by atoms with E-state index in [1.54, 1.807) is 42.5 Å². The zero-order valence-electron chi connectivity index (χ0n) is 16.7. The quantitative estimate of drug-likeness (QED) is 0.513. The number of hydrogen-bond donors (Lipinski definition) is 3. The first-order valence-corrected chi connectivity index (χ1v) is 9.80. The Morgan fingerprint density at radius 1 is 1.03 bits per heavy atom. The third kappa shape index (κ3) is 3.27. The van der Waals surface area contributed by atoms with Crippen LogP contribution in [0.3, 0.4) is 0 Å². The average Bonchev–Trinajstić information content (AvgIpc) is 2.77. The van der Waals surface area contributed by atoms with Gasteiger partial charge in [0.1, 0.15) is 0 Å². The van der Waals surface area contributed by atoms with E-state index in [0.29, 0.717) is 22.2 Å². The highest BCUT2D eigenvalue weighted by molar-refractivity contribution is 5.91. The highest BCUT2D eigenvalue weighted by Crippen LogP contribution is 2.51. The summed E-state index contributed by atoms with van der Waals surface area (Å²) in [6.45, 7) is 3.79. The van der Waals surface area contributed by atoms with Crippen molar-refractivity contribution in [2.75, 3.05) is 5.32 Å². The van der Waals surface area contributed by atoms with Gasteiger partial charge >= 0.3 is 6.18 Å². The molecule has 30 heavy (non-hydrogen) atoms. The molecule has 7 heteroatoms. The maximum Gasteiger partial charge on any atom is 0.419 e. The molecule has 0 saturated carbocycles. The molecule has 2 unspecified atom stereocenters. The van der Waals surface area contributed by atoms with Gasteiger partial charge in [0.25, 0.3) is 0 Å². The second-order valence-corrected chi connectivity index (χ2v) is 8.56. The molecule has 3 aromatic rings. The van der Waals surface area contributed by atoms with E-state index in [4.69, 9.17) is 0 Å². The number of halogens is 3. The van der Waals surface area contributed by atoms with E-state index in [0.717, 1.165) is 5.56 Å². The predicted octanol–water partition coefficient (Wildman–Crippen LogP) is 5.05. The maximum atomic E-state index is 14.2. The number of anilines is 1. The Morgan fingerprint density at radius 2 is 1.77 bits per heavy atom. The van der Waals surface area contributed by atoms with Gasteiger partial charge in [-0.3, -0.25) is 4.79 Å². The van der Waals surface area contributed by atoms with Gasteiger partial charge in [0, 0.05) is 17.1 Å². The predicted molar refractivity (Wildman–Crippen MR) is 111 cm³/mol. The molecular formula is C23H23F3N2O2. The van der Waals surface area contributed by atoms with E-state index in [2.05, 4.69) is 10.3 Å². The molecule has 0 radical (unpaired) electrons. The van der Waals surface area contributed by atoms with Gasteiger partial charge in [0.05, 0.1) is 11.6 Å². The van der Waals surface area contributed by atoms with Crippen LogP contribution < -0.4 is 10.9 Å². The summed E-state index contributed by atoms with van der Waals surface area (Å²) in [5, 5.41) is 14.6. The summed E-state index contributed by atoms with van der Waals surface area (Å²) < 4.78 is 42.7. The van der Waals surface area contributed by atoms with Crippen LogP contribution in [0.1, 0.15) is 43.9 Å². The van der Waals surface area contributed by atoms with Gasteiger partial charge in [-0.25, -0.2) is 0 Å². The molecule has 1 aromatic heterocycles. The molecule has 1 aliphatic rings. The number of H-pyrrole nitrogens is 1. The van der Waals surface area contributed by atoms with Crippen LogP contribution >= 0.6 is 0 Å². The first-order chi connectivity index (χ1) is 14.0. The van der Waals surface area contributed by atoms with Crippen molar-refractivity contribution < 1.29 is 18.3 Å². The summed E-state index contributed by atoms with van der Waals surface area (Å²) in [5.74, 6) is 0. The average molecular weight is 416 g/mol. The van der Waals surface area contributed by atoms with Gasteiger partial charge in [-0.1, -0.05) is 44.2 Å². The molecule has 4 rings (SSSR count). The summed E-state index contributed by atoms with van der Waals surface area (Å²) in [4.78, 5) is 14.3. The number of alkyl halides is 3. The first kappa shape index (κ1) is 20.5. The summed E-state index contributed by atoms with van der Waals surface area (Å²) in [6.07, 6.45) is -5.09. The third-order valence-corrected chi connectivity index (χ3v) is 6.17. The Kier molecular flexibility index (Phi) is 4.69. The Labute approximate surface area is 171 Å². The van der Waals surface area contributed by atoms with Crippen LogP contribution in [0.25, 0.3) is 10.9 Å². The van der Waals surface area contributed by atoms with Gasteiger partial charge in [0.2, 0.25) is 5.56 Å². The first-order valence-electron chi connectivity index (χ1n) is 9.80. The number of fused-ring (bicyclic) bond motifs is 2. The lowest BCUT2D eigenvalue weighted by Crippen LogP contribution is -2.52. The highest BCUT2D eigenvalue weighted by atomic mass is 19.4. The molecule has 1 heterocycles. The Balaban J connectivity index is 1.93. The second kappa shape index (κ2) is 6.87. The van der Waals surface area contributed by atoms with Crippen molar-refractivity contribution in [1.29, 1.82) is 0 Å². The van der Waals surface area contributed by atoms with E-state index in [1.807, 2.05) is 19.9 Å². The Morgan fingerprint density at radius 3 is 2.50 bits per heavy atom. The van der Waals surface area contributed by atoms with E-state index in [9.17, 15) is 23.1 Å². The van der Waals surface area contributed by atoms with E-state index < -0.39 is 29.7 Å². The number of aliphatic hydroxyl groups is 1. The van der Waals surface area contributed by atoms with Crippen molar-refractivity contribution in [1.82, 2.24) is 4.98 Å². The number of aromatic nitrogens is 1. The lowest BCUT2D eigenvalue weighted by Gasteiger charge is -2.38. The molecule has 1 aliphatic carbocycles. The molecule has 158 valence electrons. The van der Waals surface area contributed by atoms with Crippen LogP contribution in [0.15, 0.2) is 59.4 Å². The number of benzene rings is 2. The fourth-order valence-electron chi connectivity index (χ4n) is 4.38. The molecule has 4 nitrogen and oxygen atoms in total. The third-order valence-electron chi connectivity index (χ3n) is 6.17. The van der Waals surface area contributed by atoms with Gasteiger partial charge in [-0.15, -0.1) is 0 Å². The van der Waals surface area contributed by atoms with Gasteiger partial charge in [-0.05, 0) is 47.6 Å². The molecule has 0 spiro atoms. The van der Waals surface area contributed by atoms with Crippen molar-refractivity contribution in [2.45, 2.75) is 49.9 Å². The van der Waals surface area contributed by atoms with Crippen molar-refractivity contribution in [3.63, 3.8) is 0 Å². The monoisotopic (exact) mass is 416 g/mol. The minimum absolute atomic E-state index is 0.182. The van der Waals surface area contributed by atoms with Crippen molar-refractivity contribution >= 4 is 16.6 Å². The van der Waals surface area contributed by atoms with Crippen molar-refractivity contribution in [3.05, 3.63) is 76.1 Å². The zero-order chi connectivity index (χ0) is 21.7. The SMILES string of the molecule is CC1(C)CCC(O)(C(F)(F)F)C(Nc2cccc3[nH]c(=O)ccc23)c2ccccc21. The van der Waals surface area contributed by atoms with Crippen LogP contribution in [0, 0.1) is 0 Å². The minimum atomic E-state index is -4.84. The molecule has 0 bridgehead atoms. The van der Waals surface area contributed by atoms with E-state index in [-0.39, 0.29) is 12.0 Å². The number of rotatable bonds is 2. The summed E-state index contributed by atoms with van der Waals surface area (Å²) in [6, 6.07) is 13.4. The highest BCUT2D eigenvalue weighted by Gasteiger charge is 2.60. The van der Waals surface area contributed by atoms with Gasteiger partial charge < -0.3 is 15.4 Å². The van der Waals surface area contributed by atoms with Crippen molar-refractivity contribution in [3.8, 4) is 0 Å². The topological polar surface area (TPSA) is 65.1 Å². The van der Waals surface area contributed by atoms with E-state index in [1.165, 1.54) is 6.07 Å². The lowest BCUT2D eigenvalue weighted by atomic mass is 9.79. The van der Waals surface area contributed by atoms with Crippen LogP contribution in [-0.2, 0) is 5.41 Å².